The molecule has 0 radical (unpaired) electrons. The summed E-state index contributed by atoms with van der Waals surface area (Å²) in [5.41, 5.74) is 1.17. The fraction of sp³-hybridized carbons (Fsp3) is 0.500. The zero-order valence-corrected chi connectivity index (χ0v) is 10.4. The summed E-state index contributed by atoms with van der Waals surface area (Å²) in [7, 11) is 0. The van der Waals surface area contributed by atoms with Crippen LogP contribution >= 0.6 is 0 Å². The Kier molecular flexibility index (Phi) is 9.46. The molecule has 0 unspecified atom stereocenters. The van der Waals surface area contributed by atoms with Crippen molar-refractivity contribution < 1.29 is 0 Å². The molecule has 1 nitrogen and oxygen atoms in total. The SMILES string of the molecule is C.C=Cc1ccccc1.CCCN1CCCC1. The van der Waals surface area contributed by atoms with Crippen molar-refractivity contribution in [3.63, 3.8) is 0 Å². The molecule has 1 aliphatic heterocycles. The molecule has 0 aromatic heterocycles. The number of hydrogen-bond donors (Lipinski definition) is 0. The van der Waals surface area contributed by atoms with Crippen molar-refractivity contribution in [2.45, 2.75) is 33.6 Å². The third kappa shape index (κ3) is 6.96. The minimum atomic E-state index is 0. The third-order valence-corrected chi connectivity index (χ3v) is 2.77. The summed E-state index contributed by atoms with van der Waals surface area (Å²) in [6.07, 6.45) is 6.01. The molecule has 0 bridgehead atoms. The molecule has 1 fully saturated rings. The first-order valence-electron chi connectivity index (χ1n) is 6.26. The summed E-state index contributed by atoms with van der Waals surface area (Å²) in [5.74, 6) is 0. The lowest BCUT2D eigenvalue weighted by Gasteiger charge is -2.11. The molecule has 17 heavy (non-hydrogen) atoms. The zero-order chi connectivity index (χ0) is 11.6. The molecule has 0 spiro atoms. The van der Waals surface area contributed by atoms with Crippen LogP contribution in [0.5, 0.6) is 0 Å². The molecule has 0 amide bonds. The quantitative estimate of drug-likeness (QED) is 0.745. The van der Waals surface area contributed by atoms with Crippen molar-refractivity contribution in [2.75, 3.05) is 19.6 Å². The van der Waals surface area contributed by atoms with E-state index < -0.39 is 0 Å². The lowest BCUT2D eigenvalue weighted by atomic mass is 10.2. The van der Waals surface area contributed by atoms with Crippen LogP contribution in [0.1, 0.15) is 39.2 Å². The van der Waals surface area contributed by atoms with Gasteiger partial charge in [-0.15, -0.1) is 0 Å². The largest absolute Gasteiger partial charge is 0.303 e. The molecule has 0 atom stereocenters. The van der Waals surface area contributed by atoms with Crippen molar-refractivity contribution in [1.29, 1.82) is 0 Å². The number of likely N-dealkylation sites (tertiary alicyclic amines) is 1. The average molecular weight is 233 g/mol. The normalized spacial score (nSPS) is 14.4. The topological polar surface area (TPSA) is 3.24 Å². The van der Waals surface area contributed by atoms with Gasteiger partial charge in [-0.3, -0.25) is 0 Å². The molecule has 1 aromatic rings. The second-order valence-electron chi connectivity index (χ2n) is 4.16. The van der Waals surface area contributed by atoms with Gasteiger partial charge in [-0.25, -0.2) is 0 Å². The van der Waals surface area contributed by atoms with Crippen LogP contribution in [-0.4, -0.2) is 24.5 Å². The van der Waals surface area contributed by atoms with Crippen LogP contribution in [0.15, 0.2) is 36.9 Å². The molecular formula is C16H27N. The monoisotopic (exact) mass is 233 g/mol. The Morgan fingerprint density at radius 3 is 2.18 bits per heavy atom. The van der Waals surface area contributed by atoms with Crippen LogP contribution in [-0.2, 0) is 0 Å². The van der Waals surface area contributed by atoms with E-state index in [9.17, 15) is 0 Å². The maximum absolute atomic E-state index is 3.63. The highest BCUT2D eigenvalue weighted by Gasteiger charge is 2.08. The van der Waals surface area contributed by atoms with Gasteiger partial charge in [0.1, 0.15) is 0 Å². The highest BCUT2D eigenvalue weighted by atomic mass is 15.1. The molecule has 1 saturated heterocycles. The Balaban J connectivity index is 0.000000284. The van der Waals surface area contributed by atoms with E-state index in [1.807, 2.05) is 36.4 Å². The maximum Gasteiger partial charge on any atom is -0.00183 e. The number of benzene rings is 1. The minimum Gasteiger partial charge on any atom is -0.303 e. The van der Waals surface area contributed by atoms with Gasteiger partial charge >= 0.3 is 0 Å². The summed E-state index contributed by atoms with van der Waals surface area (Å²) in [5, 5.41) is 0. The molecular weight excluding hydrogens is 206 g/mol. The lowest BCUT2D eigenvalue weighted by Crippen LogP contribution is -2.19. The van der Waals surface area contributed by atoms with Gasteiger partial charge in [0.2, 0.25) is 0 Å². The van der Waals surface area contributed by atoms with Crippen molar-refractivity contribution >= 4 is 6.08 Å². The number of rotatable bonds is 3. The van der Waals surface area contributed by atoms with Gasteiger partial charge in [-0.1, -0.05) is 57.3 Å². The van der Waals surface area contributed by atoms with Gasteiger partial charge in [0, 0.05) is 0 Å². The van der Waals surface area contributed by atoms with Crippen LogP contribution in [0.3, 0.4) is 0 Å². The van der Waals surface area contributed by atoms with Crippen molar-refractivity contribution in [2.24, 2.45) is 0 Å². The van der Waals surface area contributed by atoms with Crippen LogP contribution in [0.2, 0.25) is 0 Å². The Labute approximate surface area is 107 Å². The van der Waals surface area contributed by atoms with Crippen LogP contribution in [0.25, 0.3) is 6.08 Å². The Morgan fingerprint density at radius 2 is 1.76 bits per heavy atom. The molecule has 1 heterocycles. The highest BCUT2D eigenvalue weighted by Crippen LogP contribution is 2.06. The van der Waals surface area contributed by atoms with Gasteiger partial charge in [-0.2, -0.15) is 0 Å². The predicted molar refractivity (Wildman–Crippen MR) is 79.2 cm³/mol. The third-order valence-electron chi connectivity index (χ3n) is 2.77. The van der Waals surface area contributed by atoms with E-state index in [-0.39, 0.29) is 7.43 Å². The van der Waals surface area contributed by atoms with E-state index in [4.69, 9.17) is 0 Å². The van der Waals surface area contributed by atoms with E-state index in [1.54, 1.807) is 0 Å². The minimum absolute atomic E-state index is 0. The van der Waals surface area contributed by atoms with Gasteiger partial charge in [0.15, 0.2) is 0 Å². The van der Waals surface area contributed by atoms with E-state index in [0.29, 0.717) is 0 Å². The van der Waals surface area contributed by atoms with Crippen molar-refractivity contribution in [3.05, 3.63) is 42.5 Å². The summed E-state index contributed by atoms with van der Waals surface area (Å²) in [6, 6.07) is 10.0. The molecule has 0 N–H and O–H groups in total. The van der Waals surface area contributed by atoms with E-state index in [0.717, 1.165) is 0 Å². The van der Waals surface area contributed by atoms with Crippen LogP contribution < -0.4 is 0 Å². The van der Waals surface area contributed by atoms with Crippen molar-refractivity contribution in [3.8, 4) is 0 Å². The summed E-state index contributed by atoms with van der Waals surface area (Å²) in [6.45, 7) is 9.91. The standard InChI is InChI=1S/C8H8.C7H15N.CH4/c1-2-8-6-4-3-5-7-8;1-2-5-8-6-3-4-7-8;/h2-7H,1H2;2-7H2,1H3;1H4. The van der Waals surface area contributed by atoms with Crippen LogP contribution in [0, 0.1) is 0 Å². The van der Waals surface area contributed by atoms with E-state index in [2.05, 4.69) is 18.4 Å². The van der Waals surface area contributed by atoms with Gasteiger partial charge in [-0.05, 0) is 44.5 Å². The highest BCUT2D eigenvalue weighted by molar-refractivity contribution is 5.45. The molecule has 1 heteroatoms. The Bertz CT molecular complexity index is 273. The van der Waals surface area contributed by atoms with Crippen molar-refractivity contribution in [1.82, 2.24) is 4.90 Å². The second-order valence-corrected chi connectivity index (χ2v) is 4.16. The Morgan fingerprint density at radius 1 is 1.18 bits per heavy atom. The fourth-order valence-electron chi connectivity index (χ4n) is 1.91. The summed E-state index contributed by atoms with van der Waals surface area (Å²) < 4.78 is 0. The molecule has 96 valence electrons. The Hall–Kier alpha value is -1.08. The summed E-state index contributed by atoms with van der Waals surface area (Å²) >= 11 is 0. The first-order chi connectivity index (χ1) is 7.86. The predicted octanol–water partition coefficient (Wildman–Crippen LogP) is 4.46. The smallest absolute Gasteiger partial charge is 0.00183 e. The molecule has 0 saturated carbocycles. The van der Waals surface area contributed by atoms with Gasteiger partial charge < -0.3 is 4.90 Å². The molecule has 0 aliphatic carbocycles. The summed E-state index contributed by atoms with van der Waals surface area (Å²) in [4.78, 5) is 2.54. The fourth-order valence-corrected chi connectivity index (χ4v) is 1.91. The lowest BCUT2D eigenvalue weighted by molar-refractivity contribution is 0.339. The van der Waals surface area contributed by atoms with Crippen LogP contribution in [0.4, 0.5) is 0 Å². The first-order valence-corrected chi connectivity index (χ1v) is 6.26. The van der Waals surface area contributed by atoms with E-state index >= 15 is 0 Å². The van der Waals surface area contributed by atoms with Gasteiger partial charge in [0.05, 0.1) is 0 Å². The molecule has 1 aromatic carbocycles. The number of hydrogen-bond acceptors (Lipinski definition) is 1. The zero-order valence-electron chi connectivity index (χ0n) is 10.4. The molecule has 2 rings (SSSR count). The van der Waals surface area contributed by atoms with Gasteiger partial charge in [0.25, 0.3) is 0 Å². The average Bonchev–Trinajstić information content (AvgIpc) is 2.84. The van der Waals surface area contributed by atoms with E-state index in [1.165, 1.54) is 44.5 Å². The first kappa shape index (κ1) is 15.9. The maximum atomic E-state index is 3.63. The number of nitrogens with zero attached hydrogens (tertiary/aromatic N) is 1. The molecule has 1 aliphatic rings. The second kappa shape index (κ2) is 10.1.